The van der Waals surface area contributed by atoms with Crippen molar-refractivity contribution in [1.82, 2.24) is 9.97 Å². The van der Waals surface area contributed by atoms with Crippen LogP contribution in [0.1, 0.15) is 21.6 Å². The largest absolute Gasteiger partial charge is 0.380 e. The summed E-state index contributed by atoms with van der Waals surface area (Å²) in [5.41, 5.74) is 4.70. The highest BCUT2D eigenvalue weighted by Crippen LogP contribution is 2.28. The van der Waals surface area contributed by atoms with Gasteiger partial charge in [-0.05, 0) is 47.9 Å². The van der Waals surface area contributed by atoms with Crippen LogP contribution in [0.25, 0.3) is 0 Å². The minimum Gasteiger partial charge on any atom is -0.380 e. The van der Waals surface area contributed by atoms with Crippen LogP contribution < -0.4 is 10.2 Å². The average Bonchev–Trinajstić information content (AvgIpc) is 3.11. The predicted octanol–water partition coefficient (Wildman–Crippen LogP) is 3.29. The third kappa shape index (κ3) is 3.21. The first-order valence-electron chi connectivity index (χ1n) is 8.30. The fraction of sp³-hybridized carbons (Fsp3) is 0.150. The number of nitrogens with zero attached hydrogens (tertiary/aromatic N) is 3. The van der Waals surface area contributed by atoms with Gasteiger partial charge in [0.1, 0.15) is 5.69 Å². The number of aromatic nitrogens is 2. The molecule has 0 aliphatic carbocycles. The van der Waals surface area contributed by atoms with Crippen LogP contribution in [0, 0.1) is 0 Å². The second-order valence-electron chi connectivity index (χ2n) is 5.98. The third-order valence-corrected chi connectivity index (χ3v) is 4.36. The van der Waals surface area contributed by atoms with Crippen molar-refractivity contribution in [2.45, 2.75) is 13.0 Å². The van der Waals surface area contributed by atoms with E-state index in [9.17, 15) is 4.79 Å². The van der Waals surface area contributed by atoms with Gasteiger partial charge < -0.3 is 10.2 Å². The molecule has 0 unspecified atom stereocenters. The van der Waals surface area contributed by atoms with Gasteiger partial charge in [-0.25, -0.2) is 4.98 Å². The van der Waals surface area contributed by atoms with E-state index in [1.54, 1.807) is 24.7 Å². The minimum absolute atomic E-state index is 0.0503. The Kier molecular flexibility index (Phi) is 4.12. The summed E-state index contributed by atoms with van der Waals surface area (Å²) in [6.07, 6.45) is 6.14. The molecule has 1 aromatic carbocycles. The molecule has 0 spiro atoms. The van der Waals surface area contributed by atoms with Crippen LogP contribution in [0.5, 0.6) is 0 Å². The number of amides is 1. The Morgan fingerprint density at radius 3 is 2.72 bits per heavy atom. The zero-order chi connectivity index (χ0) is 17.1. The molecule has 0 atom stereocenters. The van der Waals surface area contributed by atoms with Crippen LogP contribution >= 0.6 is 0 Å². The molecular weight excluding hydrogens is 312 g/mol. The van der Waals surface area contributed by atoms with Gasteiger partial charge in [-0.3, -0.25) is 9.78 Å². The van der Waals surface area contributed by atoms with E-state index in [0.717, 1.165) is 23.4 Å². The van der Waals surface area contributed by atoms with Gasteiger partial charge in [0, 0.05) is 31.2 Å². The number of nitrogens with one attached hydrogen (secondary N) is 1. The van der Waals surface area contributed by atoms with Crippen molar-refractivity contribution in [3.63, 3.8) is 0 Å². The summed E-state index contributed by atoms with van der Waals surface area (Å²) in [6, 6.07) is 15.6. The normalized spacial score (nSPS) is 12.7. The van der Waals surface area contributed by atoms with Crippen LogP contribution in [-0.4, -0.2) is 22.4 Å². The Bertz CT molecular complexity index is 878. The van der Waals surface area contributed by atoms with Gasteiger partial charge in [0.15, 0.2) is 0 Å². The summed E-state index contributed by atoms with van der Waals surface area (Å²) in [6.45, 7) is 1.40. The Labute approximate surface area is 146 Å². The highest BCUT2D eigenvalue weighted by molar-refractivity contribution is 6.06. The number of fused-ring (bicyclic) bond motifs is 1. The highest BCUT2D eigenvalue weighted by atomic mass is 16.2. The first kappa shape index (κ1) is 15.3. The van der Waals surface area contributed by atoms with Crippen LogP contribution in [-0.2, 0) is 13.0 Å². The van der Waals surface area contributed by atoms with E-state index >= 15 is 0 Å². The summed E-state index contributed by atoms with van der Waals surface area (Å²) in [7, 11) is 0. The van der Waals surface area contributed by atoms with E-state index in [2.05, 4.69) is 21.4 Å². The van der Waals surface area contributed by atoms with Crippen molar-refractivity contribution < 1.29 is 4.79 Å². The molecule has 1 amide bonds. The molecule has 25 heavy (non-hydrogen) atoms. The fourth-order valence-electron chi connectivity index (χ4n) is 3.02. The number of rotatable bonds is 4. The van der Waals surface area contributed by atoms with E-state index in [0.29, 0.717) is 18.8 Å². The minimum atomic E-state index is -0.0503. The second-order valence-corrected chi connectivity index (χ2v) is 5.98. The van der Waals surface area contributed by atoms with E-state index in [-0.39, 0.29) is 5.91 Å². The maximum absolute atomic E-state index is 12.7. The smallest absolute Gasteiger partial charge is 0.276 e. The molecule has 0 radical (unpaired) electrons. The molecule has 1 N–H and O–H groups in total. The lowest BCUT2D eigenvalue weighted by atomic mass is 10.2. The molecule has 124 valence electrons. The Morgan fingerprint density at radius 1 is 1.08 bits per heavy atom. The summed E-state index contributed by atoms with van der Waals surface area (Å²) in [5.74, 6) is -0.0503. The van der Waals surface area contributed by atoms with Crippen molar-refractivity contribution in [3.8, 4) is 0 Å². The number of carbonyl (C=O) groups excluding carboxylic acids is 1. The Morgan fingerprint density at radius 2 is 1.92 bits per heavy atom. The fourth-order valence-corrected chi connectivity index (χ4v) is 3.02. The number of para-hydroxylation sites is 1. The van der Waals surface area contributed by atoms with E-state index in [1.165, 1.54) is 5.56 Å². The van der Waals surface area contributed by atoms with Gasteiger partial charge in [-0.2, -0.15) is 0 Å². The van der Waals surface area contributed by atoms with Gasteiger partial charge in [0.05, 0.1) is 11.9 Å². The van der Waals surface area contributed by atoms with E-state index in [4.69, 9.17) is 0 Å². The average molecular weight is 330 g/mol. The maximum atomic E-state index is 12.7. The molecular formula is C20H18N4O. The molecule has 1 aliphatic rings. The van der Waals surface area contributed by atoms with Crippen molar-refractivity contribution in [1.29, 1.82) is 0 Å². The molecule has 5 nitrogen and oxygen atoms in total. The molecule has 2 aromatic heterocycles. The molecule has 0 saturated carbocycles. The Balaban J connectivity index is 1.44. The number of hydrogen-bond acceptors (Lipinski definition) is 4. The molecule has 5 heteroatoms. The third-order valence-electron chi connectivity index (χ3n) is 4.36. The lowest BCUT2D eigenvalue weighted by molar-refractivity contribution is 0.0984. The van der Waals surface area contributed by atoms with Gasteiger partial charge in [0.25, 0.3) is 5.91 Å². The molecule has 1 aliphatic heterocycles. The van der Waals surface area contributed by atoms with Gasteiger partial charge in [-0.1, -0.05) is 18.2 Å². The number of benzene rings is 1. The second kappa shape index (κ2) is 6.73. The van der Waals surface area contributed by atoms with Gasteiger partial charge in [0.2, 0.25) is 0 Å². The molecule has 3 aromatic rings. The zero-order valence-corrected chi connectivity index (χ0v) is 13.7. The summed E-state index contributed by atoms with van der Waals surface area (Å²) in [5, 5.41) is 3.30. The lowest BCUT2D eigenvalue weighted by Crippen LogP contribution is -2.29. The molecule has 0 saturated heterocycles. The van der Waals surface area contributed by atoms with Crippen molar-refractivity contribution >= 4 is 17.3 Å². The van der Waals surface area contributed by atoms with Gasteiger partial charge >= 0.3 is 0 Å². The quantitative estimate of drug-likeness (QED) is 0.797. The molecule has 4 rings (SSSR count). The lowest BCUT2D eigenvalue weighted by Gasteiger charge is -2.17. The van der Waals surface area contributed by atoms with Crippen LogP contribution in [0.4, 0.5) is 11.4 Å². The monoisotopic (exact) mass is 330 g/mol. The molecule has 0 bridgehead atoms. The SMILES string of the molecule is O=C(c1ccc(NCc2ccncc2)cn1)N1CCc2ccccc21. The number of carbonyl (C=O) groups is 1. The topological polar surface area (TPSA) is 58.1 Å². The first-order valence-corrected chi connectivity index (χ1v) is 8.30. The summed E-state index contributed by atoms with van der Waals surface area (Å²) >= 11 is 0. The highest BCUT2D eigenvalue weighted by Gasteiger charge is 2.25. The number of anilines is 2. The van der Waals surface area contributed by atoms with E-state index < -0.39 is 0 Å². The van der Waals surface area contributed by atoms with Gasteiger partial charge in [-0.15, -0.1) is 0 Å². The van der Waals surface area contributed by atoms with Crippen LogP contribution in [0.2, 0.25) is 0 Å². The summed E-state index contributed by atoms with van der Waals surface area (Å²) in [4.78, 5) is 22.9. The van der Waals surface area contributed by atoms with Crippen molar-refractivity contribution in [3.05, 3.63) is 83.9 Å². The maximum Gasteiger partial charge on any atom is 0.276 e. The Hall–Kier alpha value is -3.21. The number of pyridine rings is 2. The standard InChI is InChI=1S/C20H18N4O/c25-20(24-12-9-16-3-1-2-4-19(16)24)18-6-5-17(14-23-18)22-13-15-7-10-21-11-8-15/h1-8,10-11,14,22H,9,12-13H2. The molecule has 0 fully saturated rings. The van der Waals surface area contributed by atoms with E-state index in [1.807, 2.05) is 41.3 Å². The van der Waals surface area contributed by atoms with Crippen LogP contribution in [0.15, 0.2) is 67.1 Å². The zero-order valence-electron chi connectivity index (χ0n) is 13.7. The summed E-state index contributed by atoms with van der Waals surface area (Å²) < 4.78 is 0. The number of hydrogen-bond donors (Lipinski definition) is 1. The van der Waals surface area contributed by atoms with Crippen molar-refractivity contribution in [2.24, 2.45) is 0 Å². The first-order chi connectivity index (χ1) is 12.3. The van der Waals surface area contributed by atoms with Crippen LogP contribution in [0.3, 0.4) is 0 Å². The van der Waals surface area contributed by atoms with Crippen molar-refractivity contribution in [2.75, 3.05) is 16.8 Å². The predicted molar refractivity (Wildman–Crippen MR) is 97.6 cm³/mol. The molecule has 3 heterocycles.